The molecule has 0 spiro atoms. The number of benzene rings is 1. The second kappa shape index (κ2) is 6.69. The highest BCUT2D eigenvalue weighted by atomic mass is 79.9. The van der Waals surface area contributed by atoms with Crippen LogP contribution in [0.5, 0.6) is 0 Å². The van der Waals surface area contributed by atoms with Crippen molar-refractivity contribution in [2.24, 2.45) is 23.7 Å². The molecule has 4 rings (SSSR count). The van der Waals surface area contributed by atoms with Crippen LogP contribution in [0.25, 0.3) is 0 Å². The van der Waals surface area contributed by atoms with E-state index in [4.69, 9.17) is 32.7 Å². The highest BCUT2D eigenvalue weighted by Gasteiger charge is 2.68. The van der Waals surface area contributed by atoms with Crippen LogP contribution in [-0.4, -0.2) is 35.4 Å². The smallest absolute Gasteiger partial charge is 0.310 e. The lowest BCUT2D eigenvalue weighted by Crippen LogP contribution is -2.39. The average molecular weight is 463 g/mol. The van der Waals surface area contributed by atoms with Gasteiger partial charge in [0, 0.05) is 11.6 Å². The van der Waals surface area contributed by atoms with E-state index in [0.717, 1.165) is 6.42 Å². The summed E-state index contributed by atoms with van der Waals surface area (Å²) in [5.41, 5.74) is 0.447. The SMILES string of the molecule is O=C(COC(=O)[C@@H]1[C@H]2C[C@H]3[C@H](OC(=O)[C@@H]31)[C@@H]2Br)Nc1ccc(Cl)c(Cl)c1. The third-order valence-corrected chi connectivity index (χ3v) is 7.28. The van der Waals surface area contributed by atoms with Crippen LogP contribution in [-0.2, 0) is 23.9 Å². The Balaban J connectivity index is 1.36. The molecule has 138 valence electrons. The first-order valence-electron chi connectivity index (χ1n) is 8.13. The summed E-state index contributed by atoms with van der Waals surface area (Å²) in [5, 5.41) is 3.26. The quantitative estimate of drug-likeness (QED) is 0.549. The summed E-state index contributed by atoms with van der Waals surface area (Å²) in [6.45, 7) is -0.439. The van der Waals surface area contributed by atoms with Gasteiger partial charge in [-0.1, -0.05) is 39.1 Å². The van der Waals surface area contributed by atoms with Gasteiger partial charge in [0.15, 0.2) is 6.61 Å². The zero-order valence-corrected chi connectivity index (χ0v) is 16.4. The van der Waals surface area contributed by atoms with Crippen molar-refractivity contribution in [1.82, 2.24) is 0 Å². The van der Waals surface area contributed by atoms with E-state index < -0.39 is 30.3 Å². The van der Waals surface area contributed by atoms with Gasteiger partial charge in [-0.2, -0.15) is 0 Å². The maximum absolute atomic E-state index is 12.5. The van der Waals surface area contributed by atoms with Crippen LogP contribution >= 0.6 is 39.1 Å². The van der Waals surface area contributed by atoms with Crippen LogP contribution in [0.15, 0.2) is 18.2 Å². The average Bonchev–Trinajstić information content (AvgIpc) is 3.20. The minimum absolute atomic E-state index is 0.00733. The van der Waals surface area contributed by atoms with Gasteiger partial charge in [-0.25, -0.2) is 0 Å². The van der Waals surface area contributed by atoms with E-state index in [-0.39, 0.29) is 28.7 Å². The highest BCUT2D eigenvalue weighted by Crippen LogP contribution is 2.60. The van der Waals surface area contributed by atoms with E-state index in [1.807, 2.05) is 0 Å². The molecule has 6 nitrogen and oxygen atoms in total. The largest absolute Gasteiger partial charge is 0.461 e. The predicted molar refractivity (Wildman–Crippen MR) is 97.2 cm³/mol. The molecule has 0 unspecified atom stereocenters. The number of carbonyl (C=O) groups excluding carboxylic acids is 3. The molecular weight excluding hydrogens is 449 g/mol. The van der Waals surface area contributed by atoms with Crippen LogP contribution in [0.2, 0.25) is 10.0 Å². The van der Waals surface area contributed by atoms with Gasteiger partial charge >= 0.3 is 11.9 Å². The van der Waals surface area contributed by atoms with Crippen LogP contribution in [0, 0.1) is 23.7 Å². The van der Waals surface area contributed by atoms with Crippen molar-refractivity contribution < 1.29 is 23.9 Å². The Hall–Kier alpha value is -1.31. The Kier molecular flexibility index (Phi) is 4.65. The molecule has 0 radical (unpaired) electrons. The van der Waals surface area contributed by atoms with Crippen LogP contribution in [0.4, 0.5) is 5.69 Å². The van der Waals surface area contributed by atoms with Crippen molar-refractivity contribution in [3.63, 3.8) is 0 Å². The summed E-state index contributed by atoms with van der Waals surface area (Å²) in [6.07, 6.45) is 0.603. The number of esters is 2. The molecule has 1 aromatic rings. The monoisotopic (exact) mass is 461 g/mol. The van der Waals surface area contributed by atoms with Gasteiger partial charge in [0.2, 0.25) is 0 Å². The number of alkyl halides is 1. The lowest BCUT2D eigenvalue weighted by atomic mass is 9.80. The fourth-order valence-corrected chi connectivity index (χ4v) is 5.64. The molecule has 0 aromatic heterocycles. The van der Waals surface area contributed by atoms with Crippen LogP contribution < -0.4 is 5.32 Å². The summed E-state index contributed by atoms with van der Waals surface area (Å²) in [6, 6.07) is 4.65. The Morgan fingerprint density at radius 3 is 2.77 bits per heavy atom. The Morgan fingerprint density at radius 2 is 2.04 bits per heavy atom. The molecule has 2 saturated carbocycles. The van der Waals surface area contributed by atoms with E-state index in [1.54, 1.807) is 12.1 Å². The van der Waals surface area contributed by atoms with E-state index in [1.165, 1.54) is 6.07 Å². The standard InChI is InChI=1S/C17H14BrCl2NO5/c18-14-7-4-8-13(17(24)26-15(8)14)12(7)16(23)25-5-11(22)21-6-1-2-9(19)10(20)3-6/h1-3,7-8,12-15H,4-5H2,(H,21,22)/t7-,8-,12-,13+,14-,15+/m1/s1. The molecule has 2 bridgehead atoms. The molecule has 26 heavy (non-hydrogen) atoms. The van der Waals surface area contributed by atoms with Crippen molar-refractivity contribution in [3.8, 4) is 0 Å². The molecule has 3 fully saturated rings. The van der Waals surface area contributed by atoms with Crippen molar-refractivity contribution in [3.05, 3.63) is 28.2 Å². The number of nitrogens with one attached hydrogen (secondary N) is 1. The predicted octanol–water partition coefficient (Wildman–Crippen LogP) is 3.05. The summed E-state index contributed by atoms with van der Waals surface area (Å²) in [7, 11) is 0. The molecule has 1 aromatic carbocycles. The Labute approximate surface area is 167 Å². The van der Waals surface area contributed by atoms with Gasteiger partial charge in [0.05, 0.1) is 26.7 Å². The van der Waals surface area contributed by atoms with Gasteiger partial charge < -0.3 is 14.8 Å². The third kappa shape index (κ3) is 2.90. The van der Waals surface area contributed by atoms with Gasteiger partial charge in [0.25, 0.3) is 5.91 Å². The molecule has 1 N–H and O–H groups in total. The van der Waals surface area contributed by atoms with E-state index >= 15 is 0 Å². The molecule has 9 heteroatoms. The number of hydrogen-bond acceptors (Lipinski definition) is 5. The number of rotatable bonds is 4. The highest BCUT2D eigenvalue weighted by molar-refractivity contribution is 9.09. The summed E-state index contributed by atoms with van der Waals surface area (Å²) in [4.78, 5) is 36.5. The normalized spacial score (nSPS) is 33.9. The van der Waals surface area contributed by atoms with E-state index in [9.17, 15) is 14.4 Å². The zero-order chi connectivity index (χ0) is 18.6. The van der Waals surface area contributed by atoms with Crippen molar-refractivity contribution in [2.75, 3.05) is 11.9 Å². The maximum Gasteiger partial charge on any atom is 0.310 e. The number of anilines is 1. The fourth-order valence-electron chi connectivity index (χ4n) is 4.30. The Bertz CT molecular complexity index is 803. The number of carbonyl (C=O) groups is 3. The number of ether oxygens (including phenoxy) is 2. The van der Waals surface area contributed by atoms with Crippen LogP contribution in [0.1, 0.15) is 6.42 Å². The van der Waals surface area contributed by atoms with Crippen LogP contribution in [0.3, 0.4) is 0 Å². The van der Waals surface area contributed by atoms with Crippen molar-refractivity contribution in [1.29, 1.82) is 0 Å². The van der Waals surface area contributed by atoms with Crippen molar-refractivity contribution in [2.45, 2.75) is 17.4 Å². The first-order chi connectivity index (χ1) is 12.4. The first-order valence-corrected chi connectivity index (χ1v) is 9.80. The molecule has 2 aliphatic carbocycles. The third-order valence-electron chi connectivity index (χ3n) is 5.34. The lowest BCUT2D eigenvalue weighted by molar-refractivity contribution is -0.157. The molecule has 1 heterocycles. The topological polar surface area (TPSA) is 81.7 Å². The molecule has 1 aliphatic heterocycles. The second-order valence-corrected chi connectivity index (χ2v) is 8.62. The summed E-state index contributed by atoms with van der Waals surface area (Å²) >= 11 is 15.2. The number of fused-ring (bicyclic) bond motifs is 1. The molecular formula is C17H14BrCl2NO5. The maximum atomic E-state index is 12.5. The number of halogens is 3. The summed E-state index contributed by atoms with van der Waals surface area (Å²) in [5.74, 6) is -2.34. The second-order valence-electron chi connectivity index (χ2n) is 6.75. The molecule has 1 amide bonds. The number of amides is 1. The minimum atomic E-state index is -0.562. The van der Waals surface area contributed by atoms with E-state index in [0.29, 0.717) is 15.7 Å². The molecule has 6 atom stereocenters. The number of hydrogen-bond donors (Lipinski definition) is 1. The first kappa shape index (κ1) is 18.1. The fraction of sp³-hybridized carbons (Fsp3) is 0.471. The van der Waals surface area contributed by atoms with E-state index in [2.05, 4.69) is 21.2 Å². The Morgan fingerprint density at radius 1 is 1.27 bits per heavy atom. The van der Waals surface area contributed by atoms with Gasteiger partial charge in [-0.3, -0.25) is 14.4 Å². The summed E-state index contributed by atoms with van der Waals surface area (Å²) < 4.78 is 10.5. The minimum Gasteiger partial charge on any atom is -0.461 e. The molecule has 3 aliphatic rings. The van der Waals surface area contributed by atoms with Gasteiger partial charge in [-0.15, -0.1) is 0 Å². The zero-order valence-electron chi connectivity index (χ0n) is 13.3. The van der Waals surface area contributed by atoms with Gasteiger partial charge in [-0.05, 0) is 30.5 Å². The lowest BCUT2D eigenvalue weighted by Gasteiger charge is -2.26. The van der Waals surface area contributed by atoms with Crippen molar-refractivity contribution >= 4 is 62.7 Å². The van der Waals surface area contributed by atoms with Gasteiger partial charge in [0.1, 0.15) is 6.10 Å². The molecule has 1 saturated heterocycles.